The first-order valence-corrected chi connectivity index (χ1v) is 14.4. The molecule has 3 aromatic rings. The van der Waals surface area contributed by atoms with Gasteiger partial charge in [-0.25, -0.2) is 0 Å². The second-order valence-electron chi connectivity index (χ2n) is 12.2. The lowest BCUT2D eigenvalue weighted by atomic mass is 9.64. The van der Waals surface area contributed by atoms with Gasteiger partial charge < -0.3 is 14.6 Å². The number of amides is 1. The summed E-state index contributed by atoms with van der Waals surface area (Å²) in [7, 11) is 0. The number of likely N-dealkylation sites (tertiary alicyclic amines) is 1. The molecule has 4 atom stereocenters. The zero-order valence-corrected chi connectivity index (χ0v) is 23.1. The average molecular weight is 515 g/mol. The summed E-state index contributed by atoms with van der Waals surface area (Å²) in [5.74, 6) is 0.933. The van der Waals surface area contributed by atoms with Crippen molar-refractivity contribution < 1.29 is 14.3 Å². The summed E-state index contributed by atoms with van der Waals surface area (Å²) in [6.45, 7) is 8.26. The van der Waals surface area contributed by atoms with Gasteiger partial charge in [0.25, 0.3) is 0 Å². The van der Waals surface area contributed by atoms with E-state index in [2.05, 4.69) is 74.4 Å². The number of piperidine rings is 1. The van der Waals surface area contributed by atoms with Gasteiger partial charge >= 0.3 is 5.97 Å². The summed E-state index contributed by atoms with van der Waals surface area (Å²) in [4.78, 5) is 31.4. The Balaban J connectivity index is 1.14. The van der Waals surface area contributed by atoms with Crippen LogP contribution < -0.4 is 0 Å². The smallest absolute Gasteiger partial charge is 0.306 e. The molecule has 2 aromatic carbocycles. The van der Waals surface area contributed by atoms with Crippen LogP contribution in [0.25, 0.3) is 10.9 Å². The largest absolute Gasteiger partial charge is 0.462 e. The zero-order chi connectivity index (χ0) is 26.7. The molecule has 1 saturated carbocycles. The predicted molar refractivity (Wildman–Crippen MR) is 152 cm³/mol. The molecule has 2 aliphatic rings. The molecule has 5 rings (SSSR count). The number of esters is 1. The van der Waals surface area contributed by atoms with E-state index in [1.54, 1.807) is 0 Å². The lowest BCUT2D eigenvalue weighted by Crippen LogP contribution is -2.44. The van der Waals surface area contributed by atoms with Crippen LogP contribution in [0.3, 0.4) is 0 Å². The Kier molecular flexibility index (Phi) is 7.92. The van der Waals surface area contributed by atoms with Crippen LogP contribution in [0, 0.1) is 17.8 Å². The first kappa shape index (κ1) is 26.5. The molecule has 2 fully saturated rings. The summed E-state index contributed by atoms with van der Waals surface area (Å²) >= 11 is 0. The Hall–Kier alpha value is -3.08. The minimum absolute atomic E-state index is 0.0703. The topological polar surface area (TPSA) is 62.4 Å². The van der Waals surface area contributed by atoms with Gasteiger partial charge in [-0.2, -0.15) is 0 Å². The number of carbonyl (C=O) groups is 2. The molecule has 1 aliphatic carbocycles. The number of rotatable bonds is 8. The minimum Gasteiger partial charge on any atom is -0.462 e. The van der Waals surface area contributed by atoms with Gasteiger partial charge in [0.05, 0.1) is 0 Å². The Morgan fingerprint density at radius 2 is 1.82 bits per heavy atom. The van der Waals surface area contributed by atoms with E-state index in [9.17, 15) is 9.59 Å². The van der Waals surface area contributed by atoms with Crippen LogP contribution in [0.5, 0.6) is 0 Å². The standard InChI is InChI=1S/C33H42N2O3/c1-23-13-14-28(33(2,3)26-9-5-4-6-10-26)30(19-23)38-32(37)21-24-15-17-35(31(36)20-24)18-16-25-22-34-29-12-8-7-11-27(25)29/h4-12,22-24,28,30,34H,13-21H2,1-3H3/t23-,24+,28-,30-/m1/s1. The third-order valence-corrected chi connectivity index (χ3v) is 9.19. The third kappa shape index (κ3) is 5.82. The number of hydrogen-bond acceptors (Lipinski definition) is 3. The molecule has 1 aromatic heterocycles. The average Bonchev–Trinajstić information content (AvgIpc) is 3.32. The van der Waals surface area contributed by atoms with Crippen molar-refractivity contribution in [3.63, 3.8) is 0 Å². The highest BCUT2D eigenvalue weighted by Gasteiger charge is 2.42. The summed E-state index contributed by atoms with van der Waals surface area (Å²) < 4.78 is 6.22. The van der Waals surface area contributed by atoms with Gasteiger partial charge in [-0.15, -0.1) is 0 Å². The van der Waals surface area contributed by atoms with Crippen LogP contribution in [0.2, 0.25) is 0 Å². The van der Waals surface area contributed by atoms with Crippen LogP contribution >= 0.6 is 0 Å². The maximum atomic E-state index is 13.1. The molecule has 202 valence electrons. The molecule has 0 bridgehead atoms. The molecule has 0 radical (unpaired) electrons. The fourth-order valence-corrected chi connectivity index (χ4v) is 6.76. The minimum atomic E-state index is -0.136. The molecule has 1 saturated heterocycles. The maximum Gasteiger partial charge on any atom is 0.306 e. The van der Waals surface area contributed by atoms with E-state index in [1.165, 1.54) is 22.9 Å². The van der Waals surface area contributed by atoms with Gasteiger partial charge in [0, 0.05) is 48.9 Å². The van der Waals surface area contributed by atoms with E-state index >= 15 is 0 Å². The molecule has 38 heavy (non-hydrogen) atoms. The van der Waals surface area contributed by atoms with Crippen LogP contribution in [-0.4, -0.2) is 41.0 Å². The van der Waals surface area contributed by atoms with Gasteiger partial charge in [-0.05, 0) is 60.1 Å². The van der Waals surface area contributed by atoms with Gasteiger partial charge in [0.15, 0.2) is 0 Å². The van der Waals surface area contributed by atoms with Crippen molar-refractivity contribution >= 4 is 22.8 Å². The van der Waals surface area contributed by atoms with E-state index in [0.29, 0.717) is 31.8 Å². The predicted octanol–water partition coefficient (Wildman–Crippen LogP) is 6.66. The summed E-state index contributed by atoms with van der Waals surface area (Å²) in [5.41, 5.74) is 3.60. The van der Waals surface area contributed by atoms with Crippen molar-refractivity contribution in [3.05, 3.63) is 71.9 Å². The highest BCUT2D eigenvalue weighted by atomic mass is 16.5. The highest BCUT2D eigenvalue weighted by Crippen LogP contribution is 2.44. The van der Waals surface area contributed by atoms with E-state index in [-0.39, 0.29) is 35.2 Å². The number of benzene rings is 2. The molecule has 1 aliphatic heterocycles. The quantitative estimate of drug-likeness (QED) is 0.342. The molecule has 5 heteroatoms. The number of aromatic amines is 1. The normalized spacial score (nSPS) is 24.5. The van der Waals surface area contributed by atoms with Crippen molar-refractivity contribution in [2.24, 2.45) is 17.8 Å². The fraction of sp³-hybridized carbons (Fsp3) is 0.515. The van der Waals surface area contributed by atoms with Crippen LogP contribution in [0.15, 0.2) is 60.8 Å². The number of fused-ring (bicyclic) bond motifs is 1. The van der Waals surface area contributed by atoms with Gasteiger partial charge in [0.2, 0.25) is 5.91 Å². The Morgan fingerprint density at radius 1 is 1.05 bits per heavy atom. The molecular weight excluding hydrogens is 472 g/mol. The second-order valence-corrected chi connectivity index (χ2v) is 12.2. The molecule has 1 amide bonds. The van der Waals surface area contributed by atoms with Gasteiger partial charge in [0.1, 0.15) is 6.10 Å². The monoisotopic (exact) mass is 514 g/mol. The van der Waals surface area contributed by atoms with Gasteiger partial charge in [-0.1, -0.05) is 75.7 Å². The molecular formula is C33H42N2O3. The second kappa shape index (κ2) is 11.3. The fourth-order valence-electron chi connectivity index (χ4n) is 6.76. The SMILES string of the molecule is C[C@@H]1CC[C@@H](C(C)(C)c2ccccc2)[C@H](OC(=O)C[C@H]2CCN(CCc3c[nH]c4ccccc34)C(=O)C2)C1. The van der Waals surface area contributed by atoms with Crippen molar-refractivity contribution in [3.8, 4) is 0 Å². The number of carbonyl (C=O) groups excluding carboxylic acids is 2. The Labute approximate surface area is 226 Å². The molecule has 2 heterocycles. The van der Waals surface area contributed by atoms with E-state index in [4.69, 9.17) is 4.74 Å². The van der Waals surface area contributed by atoms with Gasteiger partial charge in [-0.3, -0.25) is 9.59 Å². The number of para-hydroxylation sites is 1. The lowest BCUT2D eigenvalue weighted by molar-refractivity contribution is -0.158. The Morgan fingerprint density at radius 3 is 2.61 bits per heavy atom. The summed E-state index contributed by atoms with van der Waals surface area (Å²) in [5, 5.41) is 1.23. The van der Waals surface area contributed by atoms with Crippen LogP contribution in [0.4, 0.5) is 0 Å². The number of nitrogens with one attached hydrogen (secondary N) is 1. The molecule has 1 N–H and O–H groups in total. The highest BCUT2D eigenvalue weighted by molar-refractivity contribution is 5.83. The van der Waals surface area contributed by atoms with Crippen LogP contribution in [-0.2, 0) is 26.2 Å². The van der Waals surface area contributed by atoms with Crippen molar-refractivity contribution in [1.29, 1.82) is 0 Å². The molecule has 5 nitrogen and oxygen atoms in total. The first-order valence-electron chi connectivity index (χ1n) is 14.4. The van der Waals surface area contributed by atoms with Crippen molar-refractivity contribution in [2.75, 3.05) is 13.1 Å². The summed E-state index contributed by atoms with van der Waals surface area (Å²) in [6, 6.07) is 18.9. The molecule has 0 spiro atoms. The number of hydrogen-bond donors (Lipinski definition) is 1. The maximum absolute atomic E-state index is 13.1. The third-order valence-electron chi connectivity index (χ3n) is 9.19. The van der Waals surface area contributed by atoms with E-state index < -0.39 is 0 Å². The zero-order valence-electron chi connectivity index (χ0n) is 23.1. The number of ether oxygens (including phenoxy) is 1. The van der Waals surface area contributed by atoms with E-state index in [0.717, 1.165) is 31.2 Å². The lowest BCUT2D eigenvalue weighted by Gasteiger charge is -2.44. The Bertz CT molecular complexity index is 1250. The molecule has 0 unspecified atom stereocenters. The summed E-state index contributed by atoms with van der Waals surface area (Å²) in [6.07, 6.45) is 7.58. The van der Waals surface area contributed by atoms with Crippen molar-refractivity contribution in [2.45, 2.75) is 77.2 Å². The number of aromatic nitrogens is 1. The van der Waals surface area contributed by atoms with Crippen molar-refractivity contribution in [1.82, 2.24) is 9.88 Å². The van der Waals surface area contributed by atoms with E-state index in [1.807, 2.05) is 17.0 Å². The number of nitrogens with zero attached hydrogens (tertiary/aromatic N) is 1. The number of H-pyrrole nitrogens is 1. The first-order chi connectivity index (χ1) is 18.3. The van der Waals surface area contributed by atoms with Crippen LogP contribution in [0.1, 0.15) is 70.4 Å².